The van der Waals surface area contributed by atoms with Crippen LogP contribution in [-0.2, 0) is 16.1 Å². The zero-order chi connectivity index (χ0) is 25.9. The molecule has 0 atom stereocenters. The van der Waals surface area contributed by atoms with Gasteiger partial charge in [-0.15, -0.1) is 0 Å². The molecule has 9 heteroatoms. The predicted octanol–water partition coefficient (Wildman–Crippen LogP) is 3.44. The number of nitrogen functional groups attached to an aromatic ring is 1. The first-order valence-corrected chi connectivity index (χ1v) is 12.9. The molecular formula is C28H31ClN6O2. The Labute approximate surface area is 222 Å². The number of carbonyl (C=O) groups excluding carboxylic acids is 1. The van der Waals surface area contributed by atoms with Crippen LogP contribution >= 0.6 is 11.6 Å². The molecule has 2 aromatic heterocycles. The number of aromatic nitrogens is 3. The minimum atomic E-state index is 0.0245. The summed E-state index contributed by atoms with van der Waals surface area (Å²) in [5, 5.41) is 1.46. The minimum absolute atomic E-state index is 0.0245. The fraction of sp³-hybridized carbons (Fsp3) is 0.393. The summed E-state index contributed by atoms with van der Waals surface area (Å²) in [5.41, 5.74) is 9.85. The molecule has 37 heavy (non-hydrogen) atoms. The number of nitrogens with zero attached hydrogens (tertiary/aromatic N) is 5. The lowest BCUT2D eigenvalue weighted by atomic mass is 9.93. The number of hydrogen-bond donors (Lipinski definition) is 1. The SMILES string of the molecule is C=CC(=O)N1CCC(N2CC(C#Cc3c(-c4ccc(Cl)cc4)c4c(N)ncnc4n3CCOC)C2)CC1. The Morgan fingerprint density at radius 1 is 1.24 bits per heavy atom. The molecular weight excluding hydrogens is 488 g/mol. The van der Waals surface area contributed by atoms with Crippen molar-refractivity contribution in [3.63, 3.8) is 0 Å². The molecule has 0 unspecified atom stereocenters. The maximum absolute atomic E-state index is 11.9. The summed E-state index contributed by atoms with van der Waals surface area (Å²) in [4.78, 5) is 25.1. The number of amides is 1. The highest BCUT2D eigenvalue weighted by Crippen LogP contribution is 2.37. The monoisotopic (exact) mass is 518 g/mol. The number of fused-ring (bicyclic) bond motifs is 1. The van der Waals surface area contributed by atoms with Crippen LogP contribution in [-0.4, -0.2) is 76.2 Å². The number of likely N-dealkylation sites (tertiary alicyclic amines) is 2. The van der Waals surface area contributed by atoms with Gasteiger partial charge < -0.3 is 19.9 Å². The number of nitrogens with two attached hydrogens (primary N) is 1. The van der Waals surface area contributed by atoms with Crippen LogP contribution in [0.2, 0.25) is 5.02 Å². The average Bonchev–Trinajstić information content (AvgIpc) is 3.21. The van der Waals surface area contributed by atoms with Crippen molar-refractivity contribution in [1.29, 1.82) is 0 Å². The van der Waals surface area contributed by atoms with Crippen LogP contribution < -0.4 is 5.73 Å². The van der Waals surface area contributed by atoms with Gasteiger partial charge in [-0.25, -0.2) is 9.97 Å². The topological polar surface area (TPSA) is 89.5 Å². The molecule has 2 saturated heterocycles. The molecule has 0 bridgehead atoms. The molecule has 1 aromatic carbocycles. The fourth-order valence-corrected chi connectivity index (χ4v) is 5.40. The van der Waals surface area contributed by atoms with E-state index in [1.54, 1.807) is 7.11 Å². The quantitative estimate of drug-likeness (QED) is 0.397. The number of hydrogen-bond acceptors (Lipinski definition) is 6. The Hall–Kier alpha value is -3.38. The highest BCUT2D eigenvalue weighted by molar-refractivity contribution is 6.30. The molecule has 2 N–H and O–H groups in total. The molecule has 0 aliphatic carbocycles. The lowest BCUT2D eigenvalue weighted by Gasteiger charge is -2.45. The Kier molecular flexibility index (Phi) is 7.47. The number of benzene rings is 1. The molecule has 192 valence electrons. The average molecular weight is 519 g/mol. The van der Waals surface area contributed by atoms with Gasteiger partial charge in [0.1, 0.15) is 23.5 Å². The van der Waals surface area contributed by atoms with E-state index in [-0.39, 0.29) is 11.8 Å². The van der Waals surface area contributed by atoms with Crippen molar-refractivity contribution in [2.24, 2.45) is 5.92 Å². The molecule has 0 spiro atoms. The molecule has 2 fully saturated rings. The molecule has 3 aromatic rings. The van der Waals surface area contributed by atoms with E-state index in [9.17, 15) is 4.79 Å². The van der Waals surface area contributed by atoms with Gasteiger partial charge in [0.15, 0.2) is 0 Å². The first-order valence-electron chi connectivity index (χ1n) is 12.5. The van der Waals surface area contributed by atoms with Crippen LogP contribution in [0.4, 0.5) is 5.82 Å². The van der Waals surface area contributed by atoms with Crippen LogP contribution in [0.5, 0.6) is 0 Å². The van der Waals surface area contributed by atoms with E-state index in [1.807, 2.05) is 29.2 Å². The predicted molar refractivity (Wildman–Crippen MR) is 146 cm³/mol. The third-order valence-electron chi connectivity index (χ3n) is 7.29. The van der Waals surface area contributed by atoms with E-state index in [0.717, 1.165) is 66.9 Å². The van der Waals surface area contributed by atoms with Crippen LogP contribution in [0.1, 0.15) is 18.5 Å². The number of anilines is 1. The van der Waals surface area contributed by atoms with Crippen LogP contribution in [0.15, 0.2) is 43.2 Å². The number of methoxy groups -OCH3 is 1. The molecule has 2 aliphatic heterocycles. The van der Waals surface area contributed by atoms with Gasteiger partial charge in [0.2, 0.25) is 5.91 Å². The van der Waals surface area contributed by atoms with Crippen LogP contribution in [0.25, 0.3) is 22.2 Å². The van der Waals surface area contributed by atoms with Crippen molar-refractivity contribution in [3.05, 3.63) is 54.0 Å². The molecule has 0 radical (unpaired) electrons. The highest BCUT2D eigenvalue weighted by Gasteiger charge is 2.34. The van der Waals surface area contributed by atoms with Gasteiger partial charge in [-0.2, -0.15) is 0 Å². The number of ether oxygens (including phenoxy) is 1. The van der Waals surface area contributed by atoms with Crippen molar-refractivity contribution in [3.8, 4) is 23.0 Å². The lowest BCUT2D eigenvalue weighted by Crippen LogP contribution is -2.55. The Bertz CT molecular complexity index is 1360. The summed E-state index contributed by atoms with van der Waals surface area (Å²) in [7, 11) is 1.68. The largest absolute Gasteiger partial charge is 0.383 e. The standard InChI is InChI=1S/C28H31ClN6O2/c1-3-24(36)33-12-10-22(11-13-33)34-16-19(17-34)4-9-23-25(20-5-7-21(29)8-6-20)26-27(30)31-18-32-28(26)35(23)14-15-37-2/h3,5-8,18-19,22H,1,10-17H2,2H3,(H2,30,31,32). The zero-order valence-electron chi connectivity index (χ0n) is 21.0. The zero-order valence-corrected chi connectivity index (χ0v) is 21.7. The van der Waals surface area contributed by atoms with E-state index in [4.69, 9.17) is 22.1 Å². The number of rotatable bonds is 6. The van der Waals surface area contributed by atoms with E-state index < -0.39 is 0 Å². The lowest BCUT2D eigenvalue weighted by molar-refractivity contribution is -0.127. The van der Waals surface area contributed by atoms with Gasteiger partial charge in [0.25, 0.3) is 0 Å². The first-order chi connectivity index (χ1) is 18.0. The van der Waals surface area contributed by atoms with Crippen molar-refractivity contribution < 1.29 is 9.53 Å². The maximum Gasteiger partial charge on any atom is 0.245 e. The van der Waals surface area contributed by atoms with Gasteiger partial charge >= 0.3 is 0 Å². The Morgan fingerprint density at radius 3 is 2.65 bits per heavy atom. The van der Waals surface area contributed by atoms with E-state index in [2.05, 4.69) is 37.9 Å². The number of carbonyl (C=O) groups is 1. The minimum Gasteiger partial charge on any atom is -0.383 e. The Balaban J connectivity index is 1.41. The maximum atomic E-state index is 11.9. The smallest absolute Gasteiger partial charge is 0.245 e. The normalized spacial score (nSPS) is 16.9. The van der Waals surface area contributed by atoms with Crippen molar-refractivity contribution in [2.75, 3.05) is 45.6 Å². The summed E-state index contributed by atoms with van der Waals surface area (Å²) < 4.78 is 7.46. The van der Waals surface area contributed by atoms with Crippen molar-refractivity contribution >= 4 is 34.4 Å². The molecule has 8 nitrogen and oxygen atoms in total. The van der Waals surface area contributed by atoms with Gasteiger partial charge in [-0.1, -0.05) is 36.2 Å². The van der Waals surface area contributed by atoms with Gasteiger partial charge in [0, 0.05) is 62.4 Å². The second kappa shape index (κ2) is 10.9. The summed E-state index contributed by atoms with van der Waals surface area (Å²) in [6.45, 7) is 8.16. The summed E-state index contributed by atoms with van der Waals surface area (Å²) in [6, 6.07) is 8.18. The van der Waals surface area contributed by atoms with Crippen LogP contribution in [0.3, 0.4) is 0 Å². The number of halogens is 1. The van der Waals surface area contributed by atoms with Crippen molar-refractivity contribution in [1.82, 2.24) is 24.3 Å². The molecule has 2 aliphatic rings. The molecule has 5 rings (SSSR count). The third kappa shape index (κ3) is 5.08. The highest BCUT2D eigenvalue weighted by atomic mass is 35.5. The fourth-order valence-electron chi connectivity index (χ4n) is 5.27. The first kappa shape index (κ1) is 25.3. The van der Waals surface area contributed by atoms with Gasteiger partial charge in [0.05, 0.1) is 12.0 Å². The van der Waals surface area contributed by atoms with Crippen molar-refractivity contribution in [2.45, 2.75) is 25.4 Å². The molecule has 0 saturated carbocycles. The molecule has 4 heterocycles. The third-order valence-corrected chi connectivity index (χ3v) is 7.54. The summed E-state index contributed by atoms with van der Waals surface area (Å²) >= 11 is 6.17. The van der Waals surface area contributed by atoms with E-state index in [0.29, 0.717) is 30.0 Å². The molecule has 1 amide bonds. The van der Waals surface area contributed by atoms with E-state index >= 15 is 0 Å². The van der Waals surface area contributed by atoms with Crippen LogP contribution in [0, 0.1) is 17.8 Å². The van der Waals surface area contributed by atoms with E-state index in [1.165, 1.54) is 12.4 Å². The summed E-state index contributed by atoms with van der Waals surface area (Å²) in [5.74, 6) is 7.73. The number of piperidine rings is 1. The summed E-state index contributed by atoms with van der Waals surface area (Å²) in [6.07, 6.45) is 4.87. The Morgan fingerprint density at radius 2 is 1.97 bits per heavy atom. The van der Waals surface area contributed by atoms with Gasteiger partial charge in [-0.05, 0) is 42.5 Å². The second-order valence-electron chi connectivity index (χ2n) is 9.51. The van der Waals surface area contributed by atoms with Gasteiger partial charge in [-0.3, -0.25) is 9.69 Å². The second-order valence-corrected chi connectivity index (χ2v) is 9.95.